The van der Waals surface area contributed by atoms with Crippen LogP contribution in [0.4, 0.5) is 11.9 Å². The number of aliphatic hydroxyl groups excluding tert-OH is 4. The summed E-state index contributed by atoms with van der Waals surface area (Å²) in [5, 5.41) is 50.8. The third-order valence-corrected chi connectivity index (χ3v) is 14.7. The van der Waals surface area contributed by atoms with E-state index in [-0.39, 0.29) is 34.2 Å². The fourth-order valence-corrected chi connectivity index (χ4v) is 10.8. The normalized spacial score (nSPS) is 28.0. The van der Waals surface area contributed by atoms with Crippen LogP contribution in [0.15, 0.2) is 28.4 Å². The van der Waals surface area contributed by atoms with Gasteiger partial charge in [-0.2, -0.15) is 4.98 Å². The molecule has 5 aromatic heterocycles. The summed E-state index contributed by atoms with van der Waals surface area (Å²) in [7, 11) is -21.7. The Labute approximate surface area is 347 Å². The quantitative estimate of drug-likeness (QED) is 0.0309. The molecule has 0 radical (unpaired) electrons. The van der Waals surface area contributed by atoms with Gasteiger partial charge in [0.1, 0.15) is 36.6 Å². The summed E-state index contributed by atoms with van der Waals surface area (Å²) < 4.78 is 82.4. The molecule has 0 spiro atoms. The lowest BCUT2D eigenvalue weighted by atomic mass is 10.1. The third-order valence-electron chi connectivity index (χ3n) is 9.13. The van der Waals surface area contributed by atoms with E-state index in [9.17, 15) is 67.8 Å². The molecule has 7 heterocycles. The van der Waals surface area contributed by atoms with Gasteiger partial charge in [-0.1, -0.05) is 10.2 Å². The number of H-pyrrole nitrogens is 2. The van der Waals surface area contributed by atoms with Crippen LogP contribution in [-0.4, -0.2) is 126 Å². The van der Waals surface area contributed by atoms with Crippen molar-refractivity contribution < 1.29 is 90.0 Å². The molecule has 0 bridgehead atoms. The van der Waals surface area contributed by atoms with E-state index < -0.39 is 123 Å². The minimum atomic E-state index is -6.37. The van der Waals surface area contributed by atoms with Crippen LogP contribution < -0.4 is 57.2 Å². The predicted octanol–water partition coefficient (Wildman–Crippen LogP) is -8.38. The van der Waals surface area contributed by atoms with Crippen molar-refractivity contribution in [3.8, 4) is 0 Å². The molecule has 63 heavy (non-hydrogen) atoms. The van der Waals surface area contributed by atoms with Gasteiger partial charge in [0.15, 0.2) is 36.7 Å². The number of aryl methyl sites for hydroxylation is 1. The predicted molar refractivity (Wildman–Crippen MR) is 193 cm³/mol. The van der Waals surface area contributed by atoms with Gasteiger partial charge in [-0.3, -0.25) is 56.5 Å². The van der Waals surface area contributed by atoms with E-state index in [1.807, 2.05) is 5.09 Å². The molecular formula is C25H33N14O20P4-3. The maximum atomic E-state index is 12.7. The maximum absolute atomic E-state index is 12.7. The Morgan fingerprint density at radius 1 is 0.889 bits per heavy atom. The molecule has 2 aliphatic heterocycles. The standard InChI is InChI=1S/C25H36N14O20P4/c1-36-8-39(19-13(36)21(45)33-25(27)31-19)23-17(43)14(40)9(57-23)5-54-61(48,49)29-2-3-37-4-11(34-35-37)60(46,47)58-63(52,53)59-62(50,51)55-6-10-15(41)16(42)22(56-10)38-7-28-12-18(38)30-24(26)32-20(12)44/h4,7-10,14-17,22-23,40-43H,2-3,5-6H2,1H3,(H10-,26,27,29,30,31,32,33,44,45,46,47,48,49,50,51,52,53)/p-3/t9-,10-,14+,15?,16+,17?,22-,23-/m1/s1. The van der Waals surface area contributed by atoms with Crippen molar-refractivity contribution >= 4 is 70.6 Å². The molecule has 2 saturated heterocycles. The number of nitrogens with two attached hydrogens (primary N) is 2. The molecule has 346 valence electrons. The lowest BCUT2D eigenvalue weighted by Crippen LogP contribution is -2.46. The van der Waals surface area contributed by atoms with Crippen molar-refractivity contribution in [2.24, 2.45) is 7.05 Å². The zero-order valence-electron chi connectivity index (χ0n) is 31.5. The number of hydrogen-bond acceptors (Lipinski definition) is 27. The van der Waals surface area contributed by atoms with Crippen LogP contribution >= 0.6 is 31.0 Å². The average Bonchev–Trinajstić information content (AvgIpc) is 3.99. The lowest BCUT2D eigenvalue weighted by Gasteiger charge is -2.34. The minimum absolute atomic E-state index is 0.0165. The second-order valence-electron chi connectivity index (χ2n) is 13.5. The summed E-state index contributed by atoms with van der Waals surface area (Å²) >= 11 is 0. The number of hydrogen-bond donors (Lipinski definition) is 9. The zero-order chi connectivity index (χ0) is 46.0. The van der Waals surface area contributed by atoms with Gasteiger partial charge in [-0.05, 0) is 0 Å². The van der Waals surface area contributed by atoms with Gasteiger partial charge in [0, 0.05) is 6.54 Å². The number of nitrogens with zero attached hydrogens (tertiary/aromatic N) is 9. The van der Waals surface area contributed by atoms with Crippen molar-refractivity contribution in [2.45, 2.75) is 55.6 Å². The SMILES string of the molecule is Cn1c[n+]([C@@H]2O[C@H](COP(=O)([O-])NCCn3cc(P(=O)([O-])OP(=O)([O-])OP(=O)([O-])OC[C@H]4O[C@@H](n5cnc6c(=O)[nH]c(N)nc65)[C@@H](O)C4O)nn3)[C@H](O)C2O)c2nc(N)[nH]c(=O)c21. The Bertz CT molecular complexity index is 2850. The van der Waals surface area contributed by atoms with Crippen LogP contribution in [0.25, 0.3) is 22.3 Å². The number of anilines is 2. The smallest absolute Gasteiger partial charge is 0.313 e. The lowest BCUT2D eigenvalue weighted by molar-refractivity contribution is -0.745. The number of nitrogens with one attached hydrogen (secondary N) is 3. The summed E-state index contributed by atoms with van der Waals surface area (Å²) in [6.07, 6.45) is -10.2. The van der Waals surface area contributed by atoms with Crippen molar-refractivity contribution in [3.05, 3.63) is 39.6 Å². The van der Waals surface area contributed by atoms with Crippen LogP contribution in [0, 0.1) is 0 Å². The average molecular weight is 974 g/mol. The number of nitrogen functional groups attached to an aromatic ring is 2. The molecule has 0 saturated carbocycles. The summed E-state index contributed by atoms with van der Waals surface area (Å²) in [4.78, 5) is 90.6. The molecule has 2 fully saturated rings. The third kappa shape index (κ3) is 9.89. The number of imidazole rings is 2. The Morgan fingerprint density at radius 2 is 1.54 bits per heavy atom. The van der Waals surface area contributed by atoms with Crippen molar-refractivity contribution in [1.29, 1.82) is 0 Å². The van der Waals surface area contributed by atoms with E-state index in [1.54, 1.807) is 0 Å². The number of phosphoric acid groups is 2. The van der Waals surface area contributed by atoms with Crippen LogP contribution in [0.1, 0.15) is 12.5 Å². The number of fused-ring (bicyclic) bond motifs is 2. The highest BCUT2D eigenvalue weighted by Crippen LogP contribution is 2.62. The maximum Gasteiger partial charge on any atom is 0.313 e. The minimum Gasteiger partial charge on any atom is -0.774 e. The highest BCUT2D eigenvalue weighted by Gasteiger charge is 2.48. The molecule has 38 heteroatoms. The number of aliphatic hydroxyl groups is 4. The molecule has 2 aliphatic rings. The van der Waals surface area contributed by atoms with Crippen LogP contribution in [0.5, 0.6) is 0 Å². The first-order valence-electron chi connectivity index (χ1n) is 17.5. The topological polar surface area (TPSA) is 510 Å². The molecule has 6 unspecified atom stereocenters. The monoisotopic (exact) mass is 973 g/mol. The molecular weight excluding hydrogens is 940 g/mol. The largest absolute Gasteiger partial charge is 0.774 e. The van der Waals surface area contributed by atoms with E-state index in [1.165, 1.54) is 22.5 Å². The summed E-state index contributed by atoms with van der Waals surface area (Å²) in [5.74, 6) is -0.590. The van der Waals surface area contributed by atoms with E-state index in [0.717, 1.165) is 10.9 Å². The van der Waals surface area contributed by atoms with Crippen molar-refractivity contribution in [3.63, 3.8) is 0 Å². The first-order chi connectivity index (χ1) is 29.3. The van der Waals surface area contributed by atoms with Crippen LogP contribution in [0.2, 0.25) is 0 Å². The molecule has 0 aliphatic carbocycles. The van der Waals surface area contributed by atoms with Gasteiger partial charge < -0.3 is 74.6 Å². The number of ether oxygens (including phenoxy) is 2. The van der Waals surface area contributed by atoms with Crippen LogP contribution in [-0.2, 0) is 59.0 Å². The van der Waals surface area contributed by atoms with E-state index >= 15 is 0 Å². The summed E-state index contributed by atoms with van der Waals surface area (Å²) in [6, 6.07) is 0. The highest BCUT2D eigenvalue weighted by atomic mass is 31.3. The van der Waals surface area contributed by atoms with Crippen LogP contribution in [0.3, 0.4) is 0 Å². The van der Waals surface area contributed by atoms with E-state index in [2.05, 4.69) is 48.4 Å². The van der Waals surface area contributed by atoms with Crippen molar-refractivity contribution in [2.75, 3.05) is 31.2 Å². The second kappa shape index (κ2) is 17.3. The van der Waals surface area contributed by atoms with Gasteiger partial charge in [0.05, 0.1) is 39.3 Å². The van der Waals surface area contributed by atoms with E-state index in [4.69, 9.17) is 25.5 Å². The molecule has 0 amide bonds. The number of phosphoric ester groups is 1. The molecule has 5 aromatic rings. The highest BCUT2D eigenvalue weighted by molar-refractivity contribution is 7.70. The Kier molecular flexibility index (Phi) is 12.8. The Hall–Kier alpha value is -4.24. The molecule has 12 atom stereocenters. The number of aromatic amines is 2. The molecule has 11 N–H and O–H groups in total. The van der Waals surface area contributed by atoms with Gasteiger partial charge in [-0.25, -0.2) is 13.9 Å². The zero-order valence-corrected chi connectivity index (χ0v) is 35.0. The molecule has 7 rings (SSSR count). The van der Waals surface area contributed by atoms with Crippen molar-refractivity contribution in [1.82, 2.24) is 54.1 Å². The summed E-state index contributed by atoms with van der Waals surface area (Å²) in [6.45, 7) is -3.06. The van der Waals surface area contributed by atoms with Gasteiger partial charge >= 0.3 is 5.65 Å². The van der Waals surface area contributed by atoms with E-state index in [0.29, 0.717) is 10.9 Å². The first kappa shape index (κ1) is 46.7. The fourth-order valence-electron chi connectivity index (χ4n) is 6.32. The number of rotatable bonds is 17. The first-order valence-corrected chi connectivity index (χ1v) is 23.5. The summed E-state index contributed by atoms with van der Waals surface area (Å²) in [5.41, 5.74) is 8.23. The molecule has 0 aromatic carbocycles. The van der Waals surface area contributed by atoms with Gasteiger partial charge in [0.2, 0.25) is 25.4 Å². The second-order valence-corrected chi connectivity index (χ2v) is 19.9. The fraction of sp³-hybridized carbons (Fsp3) is 0.520. The molecule has 34 nitrogen and oxygen atoms in total. The number of aromatic nitrogens is 11. The Morgan fingerprint density at radius 3 is 2.27 bits per heavy atom. The van der Waals surface area contributed by atoms with Gasteiger partial charge in [-0.15, -0.1) is 5.10 Å². The Balaban J connectivity index is 0.881. The van der Waals surface area contributed by atoms with Gasteiger partial charge in [0.25, 0.3) is 32.7 Å².